The molecule has 3 rings (SSSR count). The Morgan fingerprint density at radius 1 is 1.00 bits per heavy atom. The van der Waals surface area contributed by atoms with Crippen LogP contribution in [0.1, 0.15) is 25.3 Å². The first-order chi connectivity index (χ1) is 17.4. The Balaban J connectivity index is 0.000000521. The van der Waals surface area contributed by atoms with E-state index in [1.807, 2.05) is 37.3 Å². The van der Waals surface area contributed by atoms with Gasteiger partial charge in [-0.15, -0.1) is 0 Å². The van der Waals surface area contributed by atoms with E-state index in [-0.39, 0.29) is 5.91 Å². The summed E-state index contributed by atoms with van der Waals surface area (Å²) < 4.78 is 0. The first-order valence-electron chi connectivity index (χ1n) is 11.8. The van der Waals surface area contributed by atoms with Crippen LogP contribution in [0.5, 0.6) is 0 Å². The van der Waals surface area contributed by atoms with Crippen LogP contribution >= 0.6 is 23.2 Å². The van der Waals surface area contributed by atoms with E-state index in [1.165, 1.54) is 0 Å². The topological polar surface area (TPSA) is 118 Å². The van der Waals surface area contributed by atoms with E-state index in [2.05, 4.69) is 11.0 Å². The zero-order valence-electron chi connectivity index (χ0n) is 20.8. The molecule has 0 saturated carbocycles. The Morgan fingerprint density at radius 3 is 2.05 bits per heavy atom. The summed E-state index contributed by atoms with van der Waals surface area (Å²) in [4.78, 5) is 36.0. The third-order valence-corrected chi connectivity index (χ3v) is 7.09. The van der Waals surface area contributed by atoms with E-state index in [1.54, 1.807) is 24.1 Å². The van der Waals surface area contributed by atoms with Crippen LogP contribution in [-0.2, 0) is 20.8 Å². The van der Waals surface area contributed by atoms with E-state index in [9.17, 15) is 19.5 Å². The summed E-state index contributed by atoms with van der Waals surface area (Å²) in [6, 6.07) is 15.1. The number of carbonyl (C=O) groups excluding carboxylic acids is 1. The molecule has 1 fully saturated rings. The number of amides is 1. The maximum Gasteiger partial charge on any atom is 0.328 e. The van der Waals surface area contributed by atoms with Crippen LogP contribution < -0.4 is 4.90 Å². The smallest absolute Gasteiger partial charge is 0.328 e. The van der Waals surface area contributed by atoms with E-state index < -0.39 is 23.5 Å². The fraction of sp³-hybridized carbons (Fsp3) is 0.370. The third kappa shape index (κ3) is 9.48. The molecule has 2 aromatic rings. The SMILES string of the molecule is CC(C(=O)N(C)c1ccc(Cl)cc1)C1(O)CCN(CCc2ccccc2Cl)CC1.O=C(O)/C=C/C(=O)O. The molecule has 10 heteroatoms. The number of aliphatic hydroxyl groups is 1. The summed E-state index contributed by atoms with van der Waals surface area (Å²) in [5, 5.41) is 28.2. The highest BCUT2D eigenvalue weighted by atomic mass is 35.5. The lowest BCUT2D eigenvalue weighted by molar-refractivity contribution is -0.135. The van der Waals surface area contributed by atoms with Crippen LogP contribution in [0, 0.1) is 5.92 Å². The first-order valence-corrected chi connectivity index (χ1v) is 12.5. The number of nitrogens with zero attached hydrogens (tertiary/aromatic N) is 2. The number of aliphatic carboxylic acids is 2. The zero-order valence-corrected chi connectivity index (χ0v) is 22.3. The van der Waals surface area contributed by atoms with Gasteiger partial charge >= 0.3 is 11.9 Å². The zero-order chi connectivity index (χ0) is 27.6. The number of halogens is 2. The predicted molar refractivity (Wildman–Crippen MR) is 144 cm³/mol. The van der Waals surface area contributed by atoms with Crippen LogP contribution in [-0.4, -0.2) is 70.3 Å². The van der Waals surface area contributed by atoms with E-state index in [0.717, 1.165) is 42.3 Å². The van der Waals surface area contributed by atoms with Crippen LogP contribution in [0.15, 0.2) is 60.7 Å². The van der Waals surface area contributed by atoms with Gasteiger partial charge in [0.1, 0.15) is 0 Å². The second-order valence-electron chi connectivity index (χ2n) is 8.89. The van der Waals surface area contributed by atoms with Crippen molar-refractivity contribution in [1.29, 1.82) is 0 Å². The number of piperidine rings is 1. The lowest BCUT2D eigenvalue weighted by Gasteiger charge is -2.42. The van der Waals surface area contributed by atoms with Gasteiger partial charge in [-0.05, 0) is 55.2 Å². The lowest BCUT2D eigenvalue weighted by atomic mass is 9.79. The monoisotopic (exact) mass is 550 g/mol. The molecular formula is C27H32Cl2N2O6. The van der Waals surface area contributed by atoms with Gasteiger partial charge < -0.3 is 25.1 Å². The summed E-state index contributed by atoms with van der Waals surface area (Å²) >= 11 is 12.2. The Kier molecular flexibility index (Phi) is 11.6. The van der Waals surface area contributed by atoms with Crippen molar-refractivity contribution in [3.63, 3.8) is 0 Å². The average Bonchev–Trinajstić information content (AvgIpc) is 2.87. The molecule has 1 aliphatic heterocycles. The Bertz CT molecular complexity index is 1080. The van der Waals surface area contributed by atoms with Gasteiger partial charge in [0.05, 0.1) is 11.5 Å². The van der Waals surface area contributed by atoms with Gasteiger partial charge in [0.2, 0.25) is 5.91 Å². The highest BCUT2D eigenvalue weighted by Gasteiger charge is 2.42. The van der Waals surface area contributed by atoms with Gasteiger partial charge in [0.15, 0.2) is 0 Å². The molecule has 37 heavy (non-hydrogen) atoms. The molecule has 1 atom stereocenters. The second-order valence-corrected chi connectivity index (χ2v) is 9.74. The van der Waals surface area contributed by atoms with Crippen LogP contribution in [0.25, 0.3) is 0 Å². The van der Waals surface area contributed by atoms with Crippen LogP contribution in [0.4, 0.5) is 5.69 Å². The standard InChI is InChI=1S/C23H28Cl2N2O2.C4H4O4/c1-17(22(28)26(2)20-9-7-19(24)8-10-20)23(29)12-15-27(16-13-23)14-11-18-5-3-4-6-21(18)25;5-3(6)1-2-4(7)8/h3-10,17,29H,11-16H2,1-2H3;1-2H,(H,5,6)(H,7,8)/b;2-1+. The maximum atomic E-state index is 13.0. The van der Waals surface area contributed by atoms with Crippen molar-refractivity contribution in [2.75, 3.05) is 31.6 Å². The fourth-order valence-corrected chi connectivity index (χ4v) is 4.39. The second kappa shape index (κ2) is 14.1. The van der Waals surface area contributed by atoms with Gasteiger partial charge in [-0.1, -0.05) is 48.3 Å². The molecular weight excluding hydrogens is 519 g/mol. The number of benzene rings is 2. The molecule has 1 amide bonds. The largest absolute Gasteiger partial charge is 0.478 e. The number of carboxylic acids is 2. The molecule has 3 N–H and O–H groups in total. The molecule has 1 unspecified atom stereocenters. The number of likely N-dealkylation sites (tertiary alicyclic amines) is 1. The van der Waals surface area contributed by atoms with Gasteiger partial charge in [0, 0.05) is 54.6 Å². The van der Waals surface area contributed by atoms with E-state index in [4.69, 9.17) is 33.4 Å². The lowest BCUT2D eigenvalue weighted by Crippen LogP contribution is -2.52. The number of hydrogen-bond acceptors (Lipinski definition) is 5. The molecule has 1 aliphatic rings. The number of hydrogen-bond donors (Lipinski definition) is 3. The van der Waals surface area contributed by atoms with Crippen LogP contribution in [0.2, 0.25) is 10.0 Å². The predicted octanol–water partition coefficient (Wildman–Crippen LogP) is 4.37. The Morgan fingerprint density at radius 2 is 1.54 bits per heavy atom. The van der Waals surface area contributed by atoms with Crippen molar-refractivity contribution in [3.8, 4) is 0 Å². The fourth-order valence-electron chi connectivity index (χ4n) is 4.03. The Hall–Kier alpha value is -2.91. The van der Waals surface area contributed by atoms with Crippen LogP contribution in [0.3, 0.4) is 0 Å². The highest BCUT2D eigenvalue weighted by Crippen LogP contribution is 2.32. The Labute approximate surface area is 226 Å². The molecule has 0 spiro atoms. The molecule has 8 nitrogen and oxygen atoms in total. The number of rotatable bonds is 8. The van der Waals surface area contributed by atoms with Gasteiger partial charge in [-0.25, -0.2) is 9.59 Å². The molecule has 0 aromatic heterocycles. The summed E-state index contributed by atoms with van der Waals surface area (Å²) in [6.45, 7) is 4.26. The van der Waals surface area contributed by atoms with Crippen molar-refractivity contribution in [3.05, 3.63) is 76.3 Å². The normalized spacial score (nSPS) is 15.9. The maximum absolute atomic E-state index is 13.0. The minimum Gasteiger partial charge on any atom is -0.478 e. The van der Waals surface area contributed by atoms with E-state index >= 15 is 0 Å². The summed E-state index contributed by atoms with van der Waals surface area (Å²) in [6.07, 6.45) is 3.16. The molecule has 0 bridgehead atoms. The van der Waals surface area contributed by atoms with Crippen molar-refractivity contribution in [1.82, 2.24) is 4.90 Å². The molecule has 200 valence electrons. The molecule has 1 heterocycles. The average molecular weight is 551 g/mol. The highest BCUT2D eigenvalue weighted by molar-refractivity contribution is 6.31. The molecule has 0 radical (unpaired) electrons. The molecule has 1 saturated heterocycles. The van der Waals surface area contributed by atoms with Crippen molar-refractivity contribution >= 4 is 46.7 Å². The van der Waals surface area contributed by atoms with Crippen molar-refractivity contribution < 1.29 is 29.7 Å². The minimum atomic E-state index is -1.26. The summed E-state index contributed by atoms with van der Waals surface area (Å²) in [7, 11) is 1.74. The quantitative estimate of drug-likeness (QED) is 0.417. The van der Waals surface area contributed by atoms with Crippen molar-refractivity contribution in [2.24, 2.45) is 5.92 Å². The van der Waals surface area contributed by atoms with E-state index in [0.29, 0.717) is 30.0 Å². The number of carbonyl (C=O) groups is 3. The summed E-state index contributed by atoms with van der Waals surface area (Å²) in [5.41, 5.74) is 0.925. The summed E-state index contributed by atoms with van der Waals surface area (Å²) in [5.74, 6) is -3.08. The third-order valence-electron chi connectivity index (χ3n) is 6.47. The first kappa shape index (κ1) is 30.3. The number of carboxylic acid groups (broad SMARTS) is 2. The van der Waals surface area contributed by atoms with Gasteiger partial charge in [-0.3, -0.25) is 4.79 Å². The van der Waals surface area contributed by atoms with Gasteiger partial charge in [0.25, 0.3) is 0 Å². The number of anilines is 1. The van der Waals surface area contributed by atoms with Crippen molar-refractivity contribution in [2.45, 2.75) is 31.8 Å². The van der Waals surface area contributed by atoms with Gasteiger partial charge in [-0.2, -0.15) is 0 Å². The molecule has 2 aromatic carbocycles. The molecule has 0 aliphatic carbocycles. The minimum absolute atomic E-state index is 0.0839.